The summed E-state index contributed by atoms with van der Waals surface area (Å²) in [7, 11) is 106. The molecule has 0 aliphatic carbocycles. The monoisotopic (exact) mass is 3070 g/mol. The van der Waals surface area contributed by atoms with Crippen LogP contribution in [0.5, 0.6) is 0 Å². The summed E-state index contributed by atoms with van der Waals surface area (Å²) < 4.78 is 39.4. The fourth-order valence-corrected chi connectivity index (χ4v) is 837. The number of rotatable bonds is 47. The second-order valence-electron chi connectivity index (χ2n) is 34.0. The molecule has 50 atom stereocenters. The molecule has 3 heterocycles. The lowest BCUT2D eigenvalue weighted by atomic mass is 9.90. The van der Waals surface area contributed by atoms with Crippen LogP contribution in [0.15, 0.2) is 121 Å². The Kier molecular flexibility index (Phi) is 91.5. The van der Waals surface area contributed by atoms with E-state index in [1.807, 2.05) is 72.8 Å². The summed E-state index contributed by atoms with van der Waals surface area (Å²) in [5.74, 6) is 0.0505. The largest absolute Gasteiger partial charge is 0.413 e. The maximum atomic E-state index is 13.3. The SMILES string of the molecule is C=CC[C@H](NC(=O)C[C@@H](CC[C@@]1(C)O[C@@H](c2ccccc2)O[C@H]1C=C)O[Si](C)(C)C(C)(C)C)/C(C)=C/CC.CC/C=C(\C)[C@@H]1C/C=C/[C@@H]2O[C@H](c3ccccc3)O[C@]2(C)CC[C@@H](O[Si](C)(C)C(C)(C)C)CC(=O)N1.PP(P)P(P)P(P(P)P)P(P(P(P)P)P(P)P)P(P(P(P)P)P(P)P)P(P(P)P)P(P)P.PPP(P)P(P(P)P)P(P(P(P)P)P(P)P)P(P(P(P)P)P(P)P)P(P(P)P)P(P)P. The van der Waals surface area contributed by atoms with Crippen molar-refractivity contribution in [3.8, 4) is 0 Å². The Morgan fingerprint density at radius 3 is 1.27 bits per heavy atom. The van der Waals surface area contributed by atoms with E-state index in [2.05, 4.69) is 452 Å². The van der Waals surface area contributed by atoms with E-state index in [1.54, 1.807) is 0 Å². The Hall–Kier alpha value is 23.4. The first-order valence-electron chi connectivity index (χ1n) is 41.7. The van der Waals surface area contributed by atoms with Crippen molar-refractivity contribution in [1.29, 1.82) is 0 Å². The molecule has 0 radical (unpaired) electrons. The number of allylic oxidation sites excluding steroid dienone is 2. The molecule has 2 amide bonds. The van der Waals surface area contributed by atoms with Gasteiger partial charge in [-0.1, -0.05) is 172 Å². The average Bonchev–Trinajstić information content (AvgIpc) is 1.43. The van der Waals surface area contributed by atoms with Crippen LogP contribution in [0.4, 0.5) is 0 Å². The molecule has 0 bridgehead atoms. The number of ether oxygens (including phenoxy) is 4. The minimum atomic E-state index is -2.12. The summed E-state index contributed by atoms with van der Waals surface area (Å²) in [5, 5.41) is 6.61. The summed E-state index contributed by atoms with van der Waals surface area (Å²) in [4.78, 5) is 26.5. The number of amides is 2. The van der Waals surface area contributed by atoms with Crippen LogP contribution in [0.3, 0.4) is 0 Å². The van der Waals surface area contributed by atoms with E-state index < -0.39 is 40.4 Å². The van der Waals surface area contributed by atoms with Crippen molar-refractivity contribution in [2.24, 2.45) is 0 Å². The minimum Gasteiger partial charge on any atom is -0.413 e. The van der Waals surface area contributed by atoms with Gasteiger partial charge in [0.25, 0.3) is 0 Å². The van der Waals surface area contributed by atoms with Gasteiger partial charge in [0.05, 0.1) is 48.3 Å². The van der Waals surface area contributed by atoms with Crippen LogP contribution in [-0.4, -0.2) is 76.2 Å². The van der Waals surface area contributed by atoms with Crippen LogP contribution in [0, 0.1) is 0 Å². The summed E-state index contributed by atoms with van der Waals surface area (Å²) >= 11 is 0. The first kappa shape index (κ1) is 156. The molecule has 5 rings (SSSR count). The van der Waals surface area contributed by atoms with Gasteiger partial charge in [0.15, 0.2) is 29.2 Å². The van der Waals surface area contributed by atoms with Crippen LogP contribution in [-0.2, 0) is 37.4 Å². The number of carbonyl (C=O) groups is 2. The standard InChI is InChI=1S/C32H51NO4Si.C30H47NO4Si.H34P32.H33P31/c1-11-17-24(4)27(18-12-2)33-29(34)23-26(37-38(9,10)31(5,6)7)21-22-32(8)28(13-3)35-30(36-32)25-19-15-14-16-20-25;1-9-14-22(2)25-17-13-18-26-30(6,34-28(33-26)23-15-11-10-12-16-23)20-19-24(21-27(32)31-25)35-36(7,8)29(3,4)5;1-18(2)26(17)30(25(15)16)32(29(23(11)12)24(13)14)31(27(19(3)4)20(5)6)28(21(7)8)22(9)10;1-17-25(16)29(24(14)15)31(28(22(10)11)23(12)13)30(26(18(2)3)19(4)5)27(20(6)7)21(8)9/h12-17,19-20,26-28,30H,2-3,11,18,21-23H2,1,4-10H3,(H,33,34);10-16,18,24-26,28H,9,17,19-21H2,1-8H3,(H,31,32);1-17H2;17H,1-16H2/b24-17+;18-13+,22-14+;;/t26-,27+,28+,30+,32-;24-,25+,26+,28+,30-;;/m11../s1. The summed E-state index contributed by atoms with van der Waals surface area (Å²) in [6.45, 7) is 42.3. The molecule has 3 aliphatic rings. The lowest BCUT2D eigenvalue weighted by molar-refractivity contribution is -0.124. The molecule has 137 heavy (non-hydrogen) atoms. The van der Waals surface area contributed by atoms with Gasteiger partial charge in [-0.15, -0.1) is 308 Å². The lowest BCUT2D eigenvalue weighted by Crippen LogP contribution is -2.47. The third kappa shape index (κ3) is 54.8. The molecular formula is C62H165N2O8P63Si2. The second kappa shape index (κ2) is 80.1. The minimum absolute atomic E-state index is 0.000545. The van der Waals surface area contributed by atoms with E-state index in [4.69, 9.17) is 27.8 Å². The van der Waals surface area contributed by atoms with Crippen LogP contribution in [0.2, 0.25) is 36.3 Å². The zero-order valence-corrected chi connectivity index (χ0v) is 148. The quantitative estimate of drug-likeness (QED) is 0.0383. The Labute approximate surface area is 946 Å². The summed E-state index contributed by atoms with van der Waals surface area (Å²) in [6, 6.07) is 20.0. The molecule has 2 saturated heterocycles. The smallest absolute Gasteiger partial charge is 0.223 e. The molecule has 794 valence electrons. The highest BCUT2D eigenvalue weighted by molar-refractivity contribution is 9.47. The number of nitrogens with one attached hydrogen (secondary N) is 2. The van der Waals surface area contributed by atoms with Crippen molar-refractivity contribution in [3.63, 3.8) is 0 Å². The fraction of sp³-hybridized carbons (Fsp3) is 0.613. The number of hydrogen-bond acceptors (Lipinski definition) is 8. The third-order valence-corrected chi connectivity index (χ3v) is 449. The van der Waals surface area contributed by atoms with Gasteiger partial charge in [0.2, 0.25) is 11.8 Å². The van der Waals surface area contributed by atoms with Crippen molar-refractivity contribution in [3.05, 3.63) is 133 Å². The van der Waals surface area contributed by atoms with Gasteiger partial charge in [-0.25, -0.2) is 0 Å². The molecule has 0 saturated carbocycles. The third-order valence-electron chi connectivity index (χ3n) is 21.3. The molecule has 0 spiro atoms. The predicted molar refractivity (Wildman–Crippen MR) is 839 cm³/mol. The second-order valence-corrected chi connectivity index (χ2v) is 296. The summed E-state index contributed by atoms with van der Waals surface area (Å²) in [5.41, 5.74) is 3.27. The van der Waals surface area contributed by atoms with Crippen LogP contribution < -0.4 is 10.6 Å². The average molecular weight is 3070 g/mol. The van der Waals surface area contributed by atoms with Gasteiger partial charge in [-0.05, 0) is 318 Å². The number of carbonyl (C=O) groups excluding carboxylic acids is 2. The highest BCUT2D eigenvalue weighted by Gasteiger charge is 2.56. The first-order valence-corrected chi connectivity index (χ1v) is 161. The van der Waals surface area contributed by atoms with Crippen molar-refractivity contribution in [2.45, 2.75) is 244 Å². The van der Waals surface area contributed by atoms with E-state index in [0.29, 0.717) is 38.5 Å². The number of hydrogen-bond donors (Lipinski definition) is 2. The van der Waals surface area contributed by atoms with Gasteiger partial charge in [-0.2, -0.15) is 0 Å². The van der Waals surface area contributed by atoms with E-state index in [9.17, 15) is 9.59 Å². The van der Waals surface area contributed by atoms with E-state index >= 15 is 0 Å². The lowest BCUT2D eigenvalue weighted by Gasteiger charge is -2.53. The summed E-state index contributed by atoms with van der Waals surface area (Å²) in [6.07, 6.45) is 17.4. The van der Waals surface area contributed by atoms with Crippen LogP contribution >= 0.6 is 505 Å². The van der Waals surface area contributed by atoms with E-state index in [-0.39, 0.29) is 261 Å². The Morgan fingerprint density at radius 2 is 0.920 bits per heavy atom. The molecule has 2 aromatic rings. The van der Waals surface area contributed by atoms with Gasteiger partial charge >= 0.3 is 0 Å². The van der Waals surface area contributed by atoms with Gasteiger partial charge in [0, 0.05) is 11.1 Å². The van der Waals surface area contributed by atoms with Crippen molar-refractivity contribution < 1.29 is 37.4 Å². The molecule has 3 aliphatic heterocycles. The highest BCUT2D eigenvalue weighted by atomic mass is 33.5. The molecular weight excluding hydrogens is 2910 g/mol. The molecule has 40 unspecified atom stereocenters. The van der Waals surface area contributed by atoms with E-state index in [1.165, 1.54) is 5.57 Å². The first-order chi connectivity index (χ1) is 63.2. The van der Waals surface area contributed by atoms with Gasteiger partial charge < -0.3 is 38.4 Å². The van der Waals surface area contributed by atoms with Crippen LogP contribution in [0.25, 0.3) is 0 Å². The van der Waals surface area contributed by atoms with Crippen molar-refractivity contribution in [2.75, 3.05) is 0 Å². The van der Waals surface area contributed by atoms with Gasteiger partial charge in [0.1, 0.15) is 12.2 Å². The van der Waals surface area contributed by atoms with E-state index in [0.717, 1.165) is 50.3 Å². The Balaban J connectivity index is 0.000000620. The Bertz CT molecular complexity index is 3810. The molecule has 2 aromatic carbocycles. The number of fused-ring (bicyclic) bond motifs is 1. The van der Waals surface area contributed by atoms with Crippen LogP contribution in [0.1, 0.15) is 171 Å². The molecule has 2 fully saturated rings. The normalized spacial score (nSPS) is 22.8. The van der Waals surface area contributed by atoms with Gasteiger partial charge in [-0.3, -0.25) is 9.59 Å². The molecule has 0 aromatic heterocycles. The zero-order valence-electron chi connectivity index (χ0n) is 81.1. The molecule has 10 nitrogen and oxygen atoms in total. The maximum absolute atomic E-state index is 13.3. The number of benzene rings is 2. The topological polar surface area (TPSA) is 114 Å². The Morgan fingerprint density at radius 1 is 0.540 bits per heavy atom. The fourth-order valence-electron chi connectivity index (χ4n) is 12.7. The van der Waals surface area contributed by atoms with Crippen molar-refractivity contribution in [1.82, 2.24) is 10.6 Å². The predicted octanol–water partition coefficient (Wildman–Crippen LogP) is 51.6. The molecule has 75 heteroatoms. The van der Waals surface area contributed by atoms with Crippen molar-refractivity contribution >= 4 is 534 Å². The molecule has 2 N–H and O–H groups in total. The maximum Gasteiger partial charge on any atom is 0.223 e. The zero-order chi connectivity index (χ0) is 106. The highest BCUT2D eigenvalue weighted by Crippen LogP contribution is 3.41.